The molecule has 2 rings (SSSR count). The molecular weight excluding hydrogens is 306 g/mol. The number of carboxylic acid groups (broad SMARTS) is 1. The monoisotopic (exact) mass is 319 g/mol. The highest BCUT2D eigenvalue weighted by Gasteiger charge is 2.16. The fourth-order valence-corrected chi connectivity index (χ4v) is 2.91. The standard InChI is InChI=1S/C15H13NO5S/c1-10(17)11-4-3-7-14(9-11)22(20,21)16-13-6-2-5-12(8-13)15(18)19/h2-9,16H,1H3,(H,18,19). The van der Waals surface area contributed by atoms with Crippen molar-refractivity contribution in [3.05, 3.63) is 59.7 Å². The SMILES string of the molecule is CC(=O)c1cccc(S(=O)(=O)Nc2cccc(C(=O)O)c2)c1. The molecule has 2 aromatic rings. The van der Waals surface area contributed by atoms with Gasteiger partial charge in [0, 0.05) is 11.3 Å². The first kappa shape index (κ1) is 15.7. The van der Waals surface area contributed by atoms with Crippen molar-refractivity contribution < 1.29 is 23.1 Å². The maximum atomic E-state index is 12.3. The van der Waals surface area contributed by atoms with Crippen LogP contribution in [0.1, 0.15) is 27.6 Å². The third kappa shape index (κ3) is 3.50. The van der Waals surface area contributed by atoms with Crippen molar-refractivity contribution in [3.63, 3.8) is 0 Å². The minimum Gasteiger partial charge on any atom is -0.478 e. The van der Waals surface area contributed by atoms with Crippen molar-refractivity contribution in [2.45, 2.75) is 11.8 Å². The summed E-state index contributed by atoms with van der Waals surface area (Å²) in [4.78, 5) is 22.1. The molecule has 0 aliphatic rings. The molecule has 0 heterocycles. The number of carboxylic acids is 1. The van der Waals surface area contributed by atoms with Crippen LogP contribution in [-0.2, 0) is 10.0 Å². The number of carbonyl (C=O) groups excluding carboxylic acids is 1. The number of carbonyl (C=O) groups is 2. The number of sulfonamides is 1. The van der Waals surface area contributed by atoms with Crippen LogP contribution in [0.4, 0.5) is 5.69 Å². The van der Waals surface area contributed by atoms with Crippen LogP contribution in [0.3, 0.4) is 0 Å². The van der Waals surface area contributed by atoms with E-state index in [2.05, 4.69) is 4.72 Å². The molecule has 2 N–H and O–H groups in total. The highest BCUT2D eigenvalue weighted by Crippen LogP contribution is 2.18. The van der Waals surface area contributed by atoms with E-state index in [4.69, 9.17) is 5.11 Å². The van der Waals surface area contributed by atoms with Gasteiger partial charge in [0.1, 0.15) is 0 Å². The van der Waals surface area contributed by atoms with Crippen LogP contribution in [0.5, 0.6) is 0 Å². The Kier molecular flexibility index (Phi) is 4.27. The van der Waals surface area contributed by atoms with Crippen molar-refractivity contribution in [1.29, 1.82) is 0 Å². The van der Waals surface area contributed by atoms with Crippen LogP contribution in [0, 0.1) is 0 Å². The van der Waals surface area contributed by atoms with Gasteiger partial charge in [-0.2, -0.15) is 0 Å². The van der Waals surface area contributed by atoms with Gasteiger partial charge in [0.15, 0.2) is 5.78 Å². The minimum absolute atomic E-state index is 0.0299. The van der Waals surface area contributed by atoms with E-state index in [-0.39, 0.29) is 27.5 Å². The predicted octanol–water partition coefficient (Wildman–Crippen LogP) is 2.39. The number of rotatable bonds is 5. The first-order valence-electron chi connectivity index (χ1n) is 6.27. The van der Waals surface area contributed by atoms with E-state index in [0.717, 1.165) is 0 Å². The maximum absolute atomic E-state index is 12.3. The molecule has 0 spiro atoms. The zero-order chi connectivity index (χ0) is 16.3. The van der Waals surface area contributed by atoms with Crippen LogP contribution in [-0.4, -0.2) is 25.3 Å². The molecule has 2 aromatic carbocycles. The van der Waals surface area contributed by atoms with Crippen LogP contribution >= 0.6 is 0 Å². The number of hydrogen-bond acceptors (Lipinski definition) is 4. The van der Waals surface area contributed by atoms with Crippen LogP contribution in [0.15, 0.2) is 53.4 Å². The summed E-state index contributed by atoms with van der Waals surface area (Å²) in [6.45, 7) is 1.34. The molecule has 0 bridgehead atoms. The fraction of sp³-hybridized carbons (Fsp3) is 0.0667. The molecule has 114 valence electrons. The first-order valence-corrected chi connectivity index (χ1v) is 7.75. The average Bonchev–Trinajstić information content (AvgIpc) is 2.47. The van der Waals surface area contributed by atoms with E-state index >= 15 is 0 Å². The van der Waals surface area contributed by atoms with Crippen molar-refractivity contribution in [2.24, 2.45) is 0 Å². The lowest BCUT2D eigenvalue weighted by Crippen LogP contribution is -2.14. The number of ketones is 1. The van der Waals surface area contributed by atoms with Crippen LogP contribution < -0.4 is 4.72 Å². The topological polar surface area (TPSA) is 101 Å². The Hall–Kier alpha value is -2.67. The molecule has 0 aliphatic carbocycles. The smallest absolute Gasteiger partial charge is 0.335 e. The van der Waals surface area contributed by atoms with E-state index in [9.17, 15) is 18.0 Å². The van der Waals surface area contributed by atoms with E-state index in [1.54, 1.807) is 0 Å². The molecule has 22 heavy (non-hydrogen) atoms. The Morgan fingerprint density at radius 2 is 1.64 bits per heavy atom. The van der Waals surface area contributed by atoms with Gasteiger partial charge in [-0.15, -0.1) is 0 Å². The van der Waals surface area contributed by atoms with Crippen molar-refractivity contribution in [1.82, 2.24) is 0 Å². The van der Waals surface area contributed by atoms with E-state index in [1.165, 1.54) is 55.5 Å². The highest BCUT2D eigenvalue weighted by molar-refractivity contribution is 7.92. The van der Waals surface area contributed by atoms with Crippen LogP contribution in [0.25, 0.3) is 0 Å². The molecule has 0 saturated heterocycles. The second-order valence-electron chi connectivity index (χ2n) is 4.58. The van der Waals surface area contributed by atoms with Crippen molar-refractivity contribution in [3.8, 4) is 0 Å². The average molecular weight is 319 g/mol. The number of anilines is 1. The van der Waals surface area contributed by atoms with Crippen molar-refractivity contribution in [2.75, 3.05) is 4.72 Å². The quantitative estimate of drug-likeness (QED) is 0.824. The Balaban J connectivity index is 2.35. The largest absolute Gasteiger partial charge is 0.478 e. The summed E-state index contributed by atoms with van der Waals surface area (Å²) in [7, 11) is -3.91. The highest BCUT2D eigenvalue weighted by atomic mass is 32.2. The third-order valence-corrected chi connectivity index (χ3v) is 4.29. The molecule has 0 aliphatic heterocycles. The fourth-order valence-electron chi connectivity index (χ4n) is 1.81. The summed E-state index contributed by atoms with van der Waals surface area (Å²) in [6.07, 6.45) is 0. The number of nitrogens with one attached hydrogen (secondary N) is 1. The van der Waals surface area contributed by atoms with Gasteiger partial charge in [0.05, 0.1) is 10.5 Å². The summed E-state index contributed by atoms with van der Waals surface area (Å²) >= 11 is 0. The second kappa shape index (κ2) is 5.98. The number of Topliss-reactive ketones (excluding diaryl/α,β-unsaturated/α-hetero) is 1. The first-order chi connectivity index (χ1) is 10.3. The Morgan fingerprint density at radius 1 is 1.00 bits per heavy atom. The van der Waals surface area contributed by atoms with Gasteiger partial charge in [0.2, 0.25) is 0 Å². The van der Waals surface area contributed by atoms with Gasteiger partial charge in [0.25, 0.3) is 10.0 Å². The Morgan fingerprint density at radius 3 is 2.27 bits per heavy atom. The van der Waals surface area contributed by atoms with Gasteiger partial charge in [-0.1, -0.05) is 18.2 Å². The summed E-state index contributed by atoms with van der Waals surface area (Å²) in [5.74, 6) is -1.40. The molecule has 7 heteroatoms. The molecule has 0 unspecified atom stereocenters. The lowest BCUT2D eigenvalue weighted by molar-refractivity contribution is 0.0696. The minimum atomic E-state index is -3.91. The Bertz CT molecular complexity index is 843. The molecule has 0 amide bonds. The summed E-state index contributed by atoms with van der Waals surface area (Å²) in [6, 6.07) is 11.1. The molecule has 0 aromatic heterocycles. The molecule has 0 radical (unpaired) electrons. The molecule has 6 nitrogen and oxygen atoms in total. The third-order valence-electron chi connectivity index (χ3n) is 2.91. The summed E-state index contributed by atoms with van der Waals surface area (Å²) in [5.41, 5.74) is 0.382. The summed E-state index contributed by atoms with van der Waals surface area (Å²) < 4.78 is 26.9. The number of benzene rings is 2. The van der Waals surface area contributed by atoms with E-state index in [0.29, 0.717) is 0 Å². The summed E-state index contributed by atoms with van der Waals surface area (Å²) in [5, 5.41) is 8.91. The van der Waals surface area contributed by atoms with Gasteiger partial charge in [-0.25, -0.2) is 13.2 Å². The zero-order valence-corrected chi connectivity index (χ0v) is 12.4. The second-order valence-corrected chi connectivity index (χ2v) is 6.26. The molecular formula is C15H13NO5S. The lowest BCUT2D eigenvalue weighted by Gasteiger charge is -2.09. The number of aromatic carboxylic acids is 1. The van der Waals surface area contributed by atoms with Gasteiger partial charge in [-0.05, 0) is 37.3 Å². The number of hydrogen-bond donors (Lipinski definition) is 2. The molecule has 0 saturated carbocycles. The van der Waals surface area contributed by atoms with Gasteiger partial charge < -0.3 is 5.11 Å². The molecule has 0 atom stereocenters. The van der Waals surface area contributed by atoms with E-state index in [1.807, 2.05) is 0 Å². The van der Waals surface area contributed by atoms with Crippen molar-refractivity contribution >= 4 is 27.5 Å². The lowest BCUT2D eigenvalue weighted by atomic mass is 10.2. The maximum Gasteiger partial charge on any atom is 0.335 e. The Labute approximate surface area is 127 Å². The normalized spacial score (nSPS) is 11.0. The van der Waals surface area contributed by atoms with Crippen LogP contribution in [0.2, 0.25) is 0 Å². The van der Waals surface area contributed by atoms with Gasteiger partial charge >= 0.3 is 5.97 Å². The predicted molar refractivity (Wildman–Crippen MR) is 80.7 cm³/mol. The zero-order valence-electron chi connectivity index (χ0n) is 11.6. The molecule has 0 fully saturated rings. The van der Waals surface area contributed by atoms with Gasteiger partial charge in [-0.3, -0.25) is 9.52 Å². The van der Waals surface area contributed by atoms with E-state index < -0.39 is 16.0 Å².